The number of nitrogens with zero attached hydrogens (tertiary/aromatic N) is 2. The van der Waals surface area contributed by atoms with Gasteiger partial charge in [0, 0.05) is 12.1 Å². The van der Waals surface area contributed by atoms with Crippen LogP contribution >= 0.6 is 0 Å². The third kappa shape index (κ3) is 2.47. The molecule has 1 aliphatic heterocycles. The first-order valence-corrected chi connectivity index (χ1v) is 4.57. The highest BCUT2D eigenvalue weighted by Gasteiger charge is 2.33. The van der Waals surface area contributed by atoms with E-state index < -0.39 is 18.2 Å². The van der Waals surface area contributed by atoms with Crippen LogP contribution in [0.15, 0.2) is 12.2 Å². The molecule has 0 bridgehead atoms. The second-order valence-electron chi connectivity index (χ2n) is 3.37. The summed E-state index contributed by atoms with van der Waals surface area (Å²) in [5.74, 6) is -0.643. The number of aliphatic hydroxyl groups is 1. The van der Waals surface area contributed by atoms with E-state index in [1.807, 2.05) is 0 Å². The summed E-state index contributed by atoms with van der Waals surface area (Å²) in [6.07, 6.45) is -0.883. The van der Waals surface area contributed by atoms with Crippen molar-refractivity contribution in [1.29, 1.82) is 0 Å². The smallest absolute Gasteiger partial charge is 0.358 e. The molecule has 0 aliphatic carbocycles. The lowest BCUT2D eigenvalue weighted by Gasteiger charge is -2.19. The van der Waals surface area contributed by atoms with Gasteiger partial charge in [-0.1, -0.05) is 6.58 Å². The Hall–Kier alpha value is -1.56. The van der Waals surface area contributed by atoms with Gasteiger partial charge in [0.2, 0.25) is 0 Å². The molecule has 0 radical (unpaired) electrons. The molecule has 0 aromatic heterocycles. The number of urea groups is 1. The summed E-state index contributed by atoms with van der Waals surface area (Å²) < 4.78 is 0. The van der Waals surface area contributed by atoms with Crippen LogP contribution in [0.3, 0.4) is 0 Å². The Bertz CT molecular complexity index is 300. The molecule has 1 atom stereocenters. The van der Waals surface area contributed by atoms with Gasteiger partial charge in [-0.05, 0) is 13.8 Å². The van der Waals surface area contributed by atoms with Gasteiger partial charge in [0.25, 0.3) is 0 Å². The van der Waals surface area contributed by atoms with E-state index in [2.05, 4.69) is 6.58 Å². The molecule has 1 unspecified atom stereocenters. The summed E-state index contributed by atoms with van der Waals surface area (Å²) in [5.41, 5.74) is 0.221. The van der Waals surface area contributed by atoms with E-state index in [0.29, 0.717) is 6.54 Å². The minimum atomic E-state index is -0.883. The minimum absolute atomic E-state index is 0.221. The third-order valence-electron chi connectivity index (χ3n) is 2.00. The zero-order valence-electron chi connectivity index (χ0n) is 8.77. The van der Waals surface area contributed by atoms with E-state index in [4.69, 9.17) is 4.84 Å². The lowest BCUT2D eigenvalue weighted by molar-refractivity contribution is -0.169. The largest absolute Gasteiger partial charge is 0.374 e. The lowest BCUT2D eigenvalue weighted by Crippen LogP contribution is -2.38. The summed E-state index contributed by atoms with van der Waals surface area (Å²) in [5, 5.41) is 10.1. The van der Waals surface area contributed by atoms with Gasteiger partial charge in [0.05, 0.1) is 6.54 Å². The van der Waals surface area contributed by atoms with E-state index in [1.165, 1.54) is 18.7 Å². The van der Waals surface area contributed by atoms with Gasteiger partial charge < -0.3 is 9.94 Å². The zero-order chi connectivity index (χ0) is 11.6. The first-order valence-electron chi connectivity index (χ1n) is 4.57. The molecule has 6 nitrogen and oxygen atoms in total. The summed E-state index contributed by atoms with van der Waals surface area (Å²) in [6.45, 7) is 6.96. The van der Waals surface area contributed by atoms with Crippen molar-refractivity contribution in [2.24, 2.45) is 0 Å². The van der Waals surface area contributed by atoms with Crippen molar-refractivity contribution in [1.82, 2.24) is 9.96 Å². The summed E-state index contributed by atoms with van der Waals surface area (Å²) >= 11 is 0. The minimum Gasteiger partial charge on any atom is -0.374 e. The van der Waals surface area contributed by atoms with Gasteiger partial charge in [0.15, 0.2) is 0 Å². The monoisotopic (exact) mass is 214 g/mol. The second kappa shape index (κ2) is 4.31. The summed E-state index contributed by atoms with van der Waals surface area (Å²) in [6, 6.07) is -0.514. The van der Waals surface area contributed by atoms with Gasteiger partial charge in [-0.3, -0.25) is 4.90 Å². The average Bonchev–Trinajstić information content (AvgIpc) is 2.48. The van der Waals surface area contributed by atoms with Crippen molar-refractivity contribution in [2.45, 2.75) is 20.1 Å². The number of carbonyl (C=O) groups is 2. The molecule has 0 spiro atoms. The Kier molecular flexibility index (Phi) is 3.31. The van der Waals surface area contributed by atoms with Crippen LogP contribution < -0.4 is 0 Å². The van der Waals surface area contributed by atoms with Gasteiger partial charge >= 0.3 is 12.0 Å². The predicted molar refractivity (Wildman–Crippen MR) is 51.4 cm³/mol. The van der Waals surface area contributed by atoms with Crippen LogP contribution in [0.25, 0.3) is 0 Å². The molecule has 1 rings (SSSR count). The maximum absolute atomic E-state index is 11.5. The molecule has 1 N–H and O–H groups in total. The predicted octanol–water partition coefficient (Wildman–Crippen LogP) is 0.0966. The zero-order valence-corrected chi connectivity index (χ0v) is 8.77. The maximum atomic E-state index is 11.5. The fourth-order valence-corrected chi connectivity index (χ4v) is 1.14. The Labute approximate surface area is 87.7 Å². The number of hydrogen-bond donors (Lipinski definition) is 1. The highest BCUT2D eigenvalue weighted by molar-refractivity contribution is 5.88. The van der Waals surface area contributed by atoms with Crippen molar-refractivity contribution < 1.29 is 19.5 Å². The van der Waals surface area contributed by atoms with Crippen LogP contribution in [0.4, 0.5) is 4.79 Å². The molecule has 1 heterocycles. The Morgan fingerprint density at radius 1 is 1.60 bits per heavy atom. The molecule has 0 saturated carbocycles. The Morgan fingerprint density at radius 3 is 2.60 bits per heavy atom. The SMILES string of the molecule is C=C(C)C(=O)ON1CCN(C(C)O)C1=O. The van der Waals surface area contributed by atoms with Crippen molar-refractivity contribution >= 4 is 12.0 Å². The number of carbonyl (C=O) groups excluding carboxylic acids is 2. The van der Waals surface area contributed by atoms with Gasteiger partial charge in [0.1, 0.15) is 6.23 Å². The molecule has 6 heteroatoms. The first kappa shape index (κ1) is 11.5. The van der Waals surface area contributed by atoms with Crippen LogP contribution in [-0.4, -0.2) is 46.4 Å². The normalized spacial score (nSPS) is 17.9. The highest BCUT2D eigenvalue weighted by Crippen LogP contribution is 2.12. The number of aliphatic hydroxyl groups excluding tert-OH is 1. The molecule has 0 aromatic rings. The van der Waals surface area contributed by atoms with Crippen molar-refractivity contribution in [3.63, 3.8) is 0 Å². The second-order valence-corrected chi connectivity index (χ2v) is 3.37. The van der Waals surface area contributed by atoms with Crippen LogP contribution in [0.2, 0.25) is 0 Å². The van der Waals surface area contributed by atoms with Crippen molar-refractivity contribution in [3.05, 3.63) is 12.2 Å². The summed E-state index contributed by atoms with van der Waals surface area (Å²) in [7, 11) is 0. The molecule has 2 amide bonds. The highest BCUT2D eigenvalue weighted by atomic mass is 16.7. The molecular weight excluding hydrogens is 200 g/mol. The van der Waals surface area contributed by atoms with E-state index in [1.54, 1.807) is 0 Å². The fourth-order valence-electron chi connectivity index (χ4n) is 1.14. The van der Waals surface area contributed by atoms with Gasteiger partial charge in [-0.15, -0.1) is 0 Å². The molecule has 1 saturated heterocycles. The first-order chi connectivity index (χ1) is 6.93. The van der Waals surface area contributed by atoms with Crippen LogP contribution in [0, 0.1) is 0 Å². The quantitative estimate of drug-likeness (QED) is 0.676. The maximum Gasteiger partial charge on any atom is 0.358 e. The van der Waals surface area contributed by atoms with E-state index in [0.717, 1.165) is 5.06 Å². The Morgan fingerprint density at radius 2 is 2.20 bits per heavy atom. The van der Waals surface area contributed by atoms with Crippen LogP contribution in [-0.2, 0) is 9.63 Å². The molecule has 84 valence electrons. The third-order valence-corrected chi connectivity index (χ3v) is 2.00. The molecule has 15 heavy (non-hydrogen) atoms. The lowest BCUT2D eigenvalue weighted by atomic mass is 10.4. The van der Waals surface area contributed by atoms with Crippen molar-refractivity contribution in [3.8, 4) is 0 Å². The van der Waals surface area contributed by atoms with E-state index >= 15 is 0 Å². The standard InChI is InChI=1S/C9H14N2O4/c1-6(2)8(13)15-11-5-4-10(7(3)12)9(11)14/h7,12H,1,4-5H2,2-3H3. The van der Waals surface area contributed by atoms with E-state index in [9.17, 15) is 14.7 Å². The molecule has 1 aliphatic rings. The number of amides is 2. The molecule has 1 fully saturated rings. The average molecular weight is 214 g/mol. The topological polar surface area (TPSA) is 70.1 Å². The molecular formula is C9H14N2O4. The van der Waals surface area contributed by atoms with Crippen LogP contribution in [0.1, 0.15) is 13.8 Å². The summed E-state index contributed by atoms with van der Waals surface area (Å²) in [4.78, 5) is 28.6. The van der Waals surface area contributed by atoms with E-state index in [-0.39, 0.29) is 12.1 Å². The van der Waals surface area contributed by atoms with Crippen LogP contribution in [0.5, 0.6) is 0 Å². The fraction of sp³-hybridized carbons (Fsp3) is 0.556. The number of rotatable bonds is 3. The molecule has 0 aromatic carbocycles. The number of hydrogen-bond acceptors (Lipinski definition) is 4. The van der Waals surface area contributed by atoms with Crippen molar-refractivity contribution in [2.75, 3.05) is 13.1 Å². The van der Waals surface area contributed by atoms with Gasteiger partial charge in [-0.2, -0.15) is 5.06 Å². The van der Waals surface area contributed by atoms with Gasteiger partial charge in [-0.25, -0.2) is 9.59 Å². The Balaban J connectivity index is 2.57. The number of hydroxylamine groups is 2.